The van der Waals surface area contributed by atoms with Gasteiger partial charge in [-0.15, -0.1) is 0 Å². The molecule has 0 aliphatic carbocycles. The molecule has 1 aromatic carbocycles. The van der Waals surface area contributed by atoms with Gasteiger partial charge in [0.2, 0.25) is 0 Å². The maximum atomic E-state index is 12.9. The molecule has 0 N–H and O–H groups in total. The van der Waals surface area contributed by atoms with Gasteiger partial charge in [-0.25, -0.2) is 4.98 Å². The number of pyridine rings is 2. The normalized spacial score (nSPS) is 13.3. The van der Waals surface area contributed by atoms with Crippen LogP contribution in [0.2, 0.25) is 0 Å². The quantitative estimate of drug-likeness (QED) is 0.455. The first kappa shape index (κ1) is 22.7. The Morgan fingerprint density at radius 1 is 1.06 bits per heavy atom. The van der Waals surface area contributed by atoms with E-state index < -0.39 is 0 Å². The highest BCUT2D eigenvalue weighted by atomic mass is 16.5. The zero-order chi connectivity index (χ0) is 22.7. The Balaban J connectivity index is 0.000000645. The maximum Gasteiger partial charge on any atom is 0.310 e. The largest absolute Gasteiger partial charge is 0.460 e. The lowest BCUT2D eigenvalue weighted by Crippen LogP contribution is -2.29. The zero-order valence-electron chi connectivity index (χ0n) is 19.3. The van der Waals surface area contributed by atoms with Crippen molar-refractivity contribution >= 4 is 16.9 Å². The molecular formula is C25H31N3O3. The van der Waals surface area contributed by atoms with E-state index in [1.54, 1.807) is 4.57 Å². The Kier molecular flexibility index (Phi) is 6.91. The number of aromatic nitrogens is 2. The number of carbonyl (C=O) groups is 1. The van der Waals surface area contributed by atoms with Crippen LogP contribution >= 0.6 is 0 Å². The highest BCUT2D eigenvalue weighted by Gasteiger charge is 2.28. The van der Waals surface area contributed by atoms with Gasteiger partial charge in [0.05, 0.1) is 35.4 Å². The van der Waals surface area contributed by atoms with E-state index in [1.165, 1.54) is 5.56 Å². The van der Waals surface area contributed by atoms with Crippen molar-refractivity contribution in [2.45, 2.75) is 53.8 Å². The maximum absolute atomic E-state index is 12.9. The minimum Gasteiger partial charge on any atom is -0.460 e. The number of rotatable bonds is 2. The molecule has 0 spiro atoms. The molecule has 2 aromatic heterocycles. The average Bonchev–Trinajstić information content (AvgIpc) is 3.13. The number of nitrogens with zero attached hydrogens (tertiary/aromatic N) is 3. The summed E-state index contributed by atoms with van der Waals surface area (Å²) in [6, 6.07) is 10.2. The summed E-state index contributed by atoms with van der Waals surface area (Å²) < 4.78 is 6.82. The molecule has 0 amide bonds. The summed E-state index contributed by atoms with van der Waals surface area (Å²) in [5, 5.41) is 1.12. The molecule has 6 nitrogen and oxygen atoms in total. The second-order valence-corrected chi connectivity index (χ2v) is 7.48. The third-order valence-corrected chi connectivity index (χ3v) is 5.29. The van der Waals surface area contributed by atoms with E-state index in [9.17, 15) is 9.59 Å². The van der Waals surface area contributed by atoms with Gasteiger partial charge in [-0.1, -0.05) is 39.8 Å². The van der Waals surface area contributed by atoms with Crippen molar-refractivity contribution in [1.29, 1.82) is 0 Å². The highest BCUT2D eigenvalue weighted by molar-refractivity contribution is 5.87. The molecule has 0 unspecified atom stereocenters. The number of hydrogen-bond donors (Lipinski definition) is 0. The van der Waals surface area contributed by atoms with E-state index in [1.807, 2.05) is 60.0 Å². The van der Waals surface area contributed by atoms with Crippen LogP contribution < -0.4 is 5.56 Å². The van der Waals surface area contributed by atoms with Gasteiger partial charge >= 0.3 is 5.97 Å². The lowest BCUT2D eigenvalue weighted by atomic mass is 10.0. The van der Waals surface area contributed by atoms with Gasteiger partial charge in [-0.2, -0.15) is 0 Å². The lowest BCUT2D eigenvalue weighted by Gasteiger charge is -2.17. The van der Waals surface area contributed by atoms with Crippen LogP contribution in [-0.2, 0) is 35.6 Å². The van der Waals surface area contributed by atoms with Gasteiger partial charge in [0.25, 0.3) is 5.56 Å². The summed E-state index contributed by atoms with van der Waals surface area (Å²) in [6.45, 7) is 9.40. The van der Waals surface area contributed by atoms with Crippen LogP contribution in [0.25, 0.3) is 22.3 Å². The average molecular weight is 422 g/mol. The molecule has 4 heterocycles. The fourth-order valence-corrected chi connectivity index (χ4v) is 4.05. The van der Waals surface area contributed by atoms with Crippen molar-refractivity contribution in [1.82, 2.24) is 14.5 Å². The van der Waals surface area contributed by atoms with Crippen LogP contribution in [0, 0.1) is 0 Å². The van der Waals surface area contributed by atoms with E-state index in [4.69, 9.17) is 9.72 Å². The van der Waals surface area contributed by atoms with Gasteiger partial charge in [0, 0.05) is 17.5 Å². The van der Waals surface area contributed by atoms with Crippen molar-refractivity contribution in [3.63, 3.8) is 0 Å². The highest BCUT2D eigenvalue weighted by Crippen LogP contribution is 2.34. The third kappa shape index (κ3) is 4.12. The van der Waals surface area contributed by atoms with Crippen LogP contribution in [0.4, 0.5) is 0 Å². The van der Waals surface area contributed by atoms with Crippen molar-refractivity contribution in [2.75, 3.05) is 14.1 Å². The molecule has 5 rings (SSSR count). The molecule has 0 fully saturated rings. The van der Waals surface area contributed by atoms with E-state index in [2.05, 4.69) is 17.0 Å². The number of esters is 1. The zero-order valence-corrected chi connectivity index (χ0v) is 19.3. The Labute approximate surface area is 183 Å². The van der Waals surface area contributed by atoms with Gasteiger partial charge in [0.15, 0.2) is 0 Å². The van der Waals surface area contributed by atoms with Crippen LogP contribution in [0.3, 0.4) is 0 Å². The Morgan fingerprint density at radius 2 is 1.81 bits per heavy atom. The van der Waals surface area contributed by atoms with Crippen LogP contribution in [-0.4, -0.2) is 34.5 Å². The smallest absolute Gasteiger partial charge is 0.310 e. The van der Waals surface area contributed by atoms with Gasteiger partial charge in [0.1, 0.15) is 6.61 Å². The fourth-order valence-electron chi connectivity index (χ4n) is 4.05. The lowest BCUT2D eigenvalue weighted by molar-refractivity contribution is -0.145. The van der Waals surface area contributed by atoms with E-state index in [0.29, 0.717) is 12.1 Å². The monoisotopic (exact) mass is 421 g/mol. The van der Waals surface area contributed by atoms with Crippen LogP contribution in [0.1, 0.15) is 49.9 Å². The first-order valence-electron chi connectivity index (χ1n) is 11.0. The minimum atomic E-state index is -0.287. The summed E-state index contributed by atoms with van der Waals surface area (Å²) in [5.41, 5.74) is 6.08. The molecular weight excluding hydrogens is 390 g/mol. The molecule has 0 saturated carbocycles. The Morgan fingerprint density at radius 3 is 2.52 bits per heavy atom. The summed E-state index contributed by atoms with van der Waals surface area (Å²) in [5.74, 6) is -0.287. The molecule has 2 aliphatic heterocycles. The summed E-state index contributed by atoms with van der Waals surface area (Å²) in [7, 11) is 4.09. The summed E-state index contributed by atoms with van der Waals surface area (Å²) >= 11 is 0. The number of ether oxygens (including phenoxy) is 1. The number of fused-ring (bicyclic) bond motifs is 5. The first-order chi connectivity index (χ1) is 15.0. The second kappa shape index (κ2) is 9.43. The summed E-state index contributed by atoms with van der Waals surface area (Å²) in [6.07, 6.45) is 0.147. The molecule has 0 bridgehead atoms. The van der Waals surface area contributed by atoms with Gasteiger partial charge < -0.3 is 14.2 Å². The van der Waals surface area contributed by atoms with Crippen LogP contribution in [0.15, 0.2) is 35.1 Å². The predicted octanol–water partition coefficient (Wildman–Crippen LogP) is 4.14. The number of cyclic esters (lactones) is 1. The molecule has 3 aromatic rings. The topological polar surface area (TPSA) is 64.4 Å². The van der Waals surface area contributed by atoms with Crippen molar-refractivity contribution < 1.29 is 9.53 Å². The number of hydrogen-bond acceptors (Lipinski definition) is 5. The minimum absolute atomic E-state index is 0.0615. The molecule has 0 saturated heterocycles. The molecule has 0 atom stereocenters. The van der Waals surface area contributed by atoms with Crippen molar-refractivity contribution in [3.05, 3.63) is 62.9 Å². The van der Waals surface area contributed by atoms with Crippen molar-refractivity contribution in [3.8, 4) is 11.4 Å². The first-order valence-corrected chi connectivity index (χ1v) is 11.0. The molecule has 6 heteroatoms. The van der Waals surface area contributed by atoms with Gasteiger partial charge in [-0.05, 0) is 43.4 Å². The summed E-state index contributed by atoms with van der Waals surface area (Å²) in [4.78, 5) is 31.6. The predicted molar refractivity (Wildman–Crippen MR) is 124 cm³/mol. The van der Waals surface area contributed by atoms with Crippen molar-refractivity contribution in [2.24, 2.45) is 0 Å². The van der Waals surface area contributed by atoms with Gasteiger partial charge in [-0.3, -0.25) is 9.59 Å². The molecule has 0 radical (unpaired) electrons. The standard InChI is InChI=1S/C21H19N3O3.2C2H6/c1-23(2)9-12-4-3-5-17-15(12)6-14-10-24-18(20(14)22-17)7-13-8-19(25)27-11-16(13)21(24)26;2*1-2/h3-7H,8-11H2,1-2H3;2*1-2H3. The fraction of sp³-hybridized carbons (Fsp3) is 0.400. The third-order valence-electron chi connectivity index (χ3n) is 5.29. The molecule has 164 valence electrons. The molecule has 31 heavy (non-hydrogen) atoms. The Hall–Kier alpha value is -2.99. The number of benzene rings is 1. The van der Waals surface area contributed by atoms with Crippen LogP contribution in [0.5, 0.6) is 0 Å². The Bertz CT molecular complexity index is 1180. The SMILES string of the molecule is CC.CC.CN(C)Cc1cccc2nc3c(cc12)Cn1c-3cc2c(c1=O)COC(=O)C2. The molecule has 2 aliphatic rings. The second-order valence-electron chi connectivity index (χ2n) is 7.48. The van der Waals surface area contributed by atoms with E-state index >= 15 is 0 Å². The van der Waals surface area contributed by atoms with E-state index in [0.717, 1.165) is 40.0 Å². The number of carbonyl (C=O) groups excluding carboxylic acids is 1. The van der Waals surface area contributed by atoms with E-state index in [-0.39, 0.29) is 24.6 Å².